The van der Waals surface area contributed by atoms with Gasteiger partial charge in [-0.3, -0.25) is 10.1 Å². The normalized spacial score (nSPS) is 27.4. The molecular weight excluding hydrogens is 248 g/mol. The van der Waals surface area contributed by atoms with Crippen molar-refractivity contribution < 1.29 is 4.79 Å². The molecule has 2 atom stereocenters. The first-order valence-electron chi connectivity index (χ1n) is 7.87. The highest BCUT2D eigenvalue weighted by molar-refractivity contribution is 5.85. The summed E-state index contributed by atoms with van der Waals surface area (Å²) >= 11 is 0. The molecule has 0 aromatic heterocycles. The third-order valence-corrected chi connectivity index (χ3v) is 4.79. The van der Waals surface area contributed by atoms with Crippen molar-refractivity contribution in [2.45, 2.75) is 51.2 Å². The second-order valence-corrected chi connectivity index (χ2v) is 6.16. The third kappa shape index (κ3) is 2.73. The molecule has 108 valence electrons. The Morgan fingerprint density at radius 1 is 1.20 bits per heavy atom. The average molecular weight is 272 g/mol. The summed E-state index contributed by atoms with van der Waals surface area (Å²) < 4.78 is 0. The van der Waals surface area contributed by atoms with Crippen LogP contribution in [0.25, 0.3) is 0 Å². The Morgan fingerprint density at radius 2 is 1.90 bits per heavy atom. The fourth-order valence-electron chi connectivity index (χ4n) is 3.57. The second-order valence-electron chi connectivity index (χ2n) is 6.16. The Kier molecular flexibility index (Phi) is 4.06. The molecule has 2 fully saturated rings. The van der Waals surface area contributed by atoms with Crippen molar-refractivity contribution in [3.8, 4) is 0 Å². The standard InChI is InChI=1S/C17H24N2O/c1-13-18-16(15-9-3-2-4-10-15)17(20)19(13)12-11-14-7-5-6-8-14/h2-4,9-10,13-14,16,18H,5-8,11-12H2,1H3. The van der Waals surface area contributed by atoms with E-state index in [2.05, 4.69) is 12.2 Å². The van der Waals surface area contributed by atoms with Gasteiger partial charge < -0.3 is 4.90 Å². The lowest BCUT2D eigenvalue weighted by Crippen LogP contribution is -2.36. The average Bonchev–Trinajstić information content (AvgIpc) is 3.07. The highest BCUT2D eigenvalue weighted by Crippen LogP contribution is 2.29. The molecule has 1 N–H and O–H groups in total. The molecule has 1 saturated carbocycles. The van der Waals surface area contributed by atoms with Gasteiger partial charge in [0.05, 0.1) is 6.17 Å². The first-order valence-corrected chi connectivity index (χ1v) is 7.87. The minimum atomic E-state index is -0.158. The number of hydrogen-bond acceptors (Lipinski definition) is 2. The van der Waals surface area contributed by atoms with Gasteiger partial charge in [0.25, 0.3) is 0 Å². The fourth-order valence-corrected chi connectivity index (χ4v) is 3.57. The predicted molar refractivity (Wildman–Crippen MR) is 80.1 cm³/mol. The van der Waals surface area contributed by atoms with Gasteiger partial charge in [0.2, 0.25) is 5.91 Å². The number of benzene rings is 1. The highest BCUT2D eigenvalue weighted by atomic mass is 16.2. The van der Waals surface area contributed by atoms with Gasteiger partial charge in [0, 0.05) is 6.54 Å². The molecule has 20 heavy (non-hydrogen) atoms. The molecule has 2 unspecified atom stereocenters. The Morgan fingerprint density at radius 3 is 2.60 bits per heavy atom. The van der Waals surface area contributed by atoms with Gasteiger partial charge in [-0.1, -0.05) is 56.0 Å². The fraction of sp³-hybridized carbons (Fsp3) is 0.588. The van der Waals surface area contributed by atoms with Gasteiger partial charge in [-0.25, -0.2) is 0 Å². The van der Waals surface area contributed by atoms with Crippen LogP contribution in [-0.4, -0.2) is 23.5 Å². The molecule has 1 amide bonds. The van der Waals surface area contributed by atoms with Crippen LogP contribution in [0.3, 0.4) is 0 Å². The zero-order valence-electron chi connectivity index (χ0n) is 12.2. The molecule has 1 aliphatic heterocycles. The Hall–Kier alpha value is -1.35. The highest BCUT2D eigenvalue weighted by Gasteiger charge is 2.37. The molecule has 3 heteroatoms. The van der Waals surface area contributed by atoms with E-state index in [0.717, 1.165) is 18.0 Å². The van der Waals surface area contributed by atoms with E-state index in [1.54, 1.807) is 0 Å². The lowest BCUT2D eigenvalue weighted by atomic mass is 10.0. The van der Waals surface area contributed by atoms with Crippen molar-refractivity contribution >= 4 is 5.91 Å². The van der Waals surface area contributed by atoms with Crippen LogP contribution in [0.5, 0.6) is 0 Å². The number of hydrogen-bond donors (Lipinski definition) is 1. The summed E-state index contributed by atoms with van der Waals surface area (Å²) in [6.45, 7) is 3.00. The van der Waals surface area contributed by atoms with Gasteiger partial charge in [-0.2, -0.15) is 0 Å². The van der Waals surface area contributed by atoms with E-state index in [-0.39, 0.29) is 18.1 Å². The molecule has 0 bridgehead atoms. The molecule has 1 heterocycles. The van der Waals surface area contributed by atoms with Crippen molar-refractivity contribution in [2.24, 2.45) is 5.92 Å². The van der Waals surface area contributed by atoms with Crippen molar-refractivity contribution in [2.75, 3.05) is 6.54 Å². The smallest absolute Gasteiger partial charge is 0.245 e. The maximum Gasteiger partial charge on any atom is 0.245 e. The molecule has 3 rings (SSSR count). The summed E-state index contributed by atoms with van der Waals surface area (Å²) in [5.41, 5.74) is 1.08. The summed E-state index contributed by atoms with van der Waals surface area (Å²) in [5, 5.41) is 3.42. The van der Waals surface area contributed by atoms with E-state index in [9.17, 15) is 4.79 Å². The van der Waals surface area contributed by atoms with Crippen LogP contribution >= 0.6 is 0 Å². The summed E-state index contributed by atoms with van der Waals surface area (Å²) in [4.78, 5) is 14.6. The minimum absolute atomic E-state index is 0.147. The SMILES string of the molecule is CC1NC(c2ccccc2)C(=O)N1CCC1CCCC1. The molecule has 1 aliphatic carbocycles. The van der Waals surface area contributed by atoms with Crippen molar-refractivity contribution in [3.63, 3.8) is 0 Å². The summed E-state index contributed by atoms with van der Waals surface area (Å²) in [6, 6.07) is 9.89. The second kappa shape index (κ2) is 5.96. The van der Waals surface area contributed by atoms with Gasteiger partial charge in [-0.15, -0.1) is 0 Å². The third-order valence-electron chi connectivity index (χ3n) is 4.79. The lowest BCUT2D eigenvalue weighted by molar-refractivity contribution is -0.130. The van der Waals surface area contributed by atoms with Gasteiger partial charge >= 0.3 is 0 Å². The van der Waals surface area contributed by atoms with E-state index in [4.69, 9.17) is 0 Å². The zero-order valence-corrected chi connectivity index (χ0v) is 12.2. The van der Waals surface area contributed by atoms with Crippen molar-refractivity contribution in [1.82, 2.24) is 10.2 Å². The summed E-state index contributed by atoms with van der Waals surface area (Å²) in [6.07, 6.45) is 6.77. The number of nitrogens with zero attached hydrogens (tertiary/aromatic N) is 1. The van der Waals surface area contributed by atoms with Crippen LogP contribution in [0.2, 0.25) is 0 Å². The van der Waals surface area contributed by atoms with Crippen LogP contribution in [0.1, 0.15) is 50.6 Å². The van der Waals surface area contributed by atoms with E-state index >= 15 is 0 Å². The van der Waals surface area contributed by atoms with Crippen LogP contribution in [0, 0.1) is 5.92 Å². The Balaban J connectivity index is 1.62. The van der Waals surface area contributed by atoms with Crippen LogP contribution in [-0.2, 0) is 4.79 Å². The molecule has 0 radical (unpaired) electrons. The number of nitrogens with one attached hydrogen (secondary N) is 1. The topological polar surface area (TPSA) is 32.3 Å². The summed E-state index contributed by atoms with van der Waals surface area (Å²) in [5.74, 6) is 1.08. The van der Waals surface area contributed by atoms with Crippen molar-refractivity contribution in [3.05, 3.63) is 35.9 Å². The van der Waals surface area contributed by atoms with Crippen LogP contribution in [0.4, 0.5) is 0 Å². The van der Waals surface area contributed by atoms with E-state index in [0.29, 0.717) is 0 Å². The quantitative estimate of drug-likeness (QED) is 0.913. The zero-order chi connectivity index (χ0) is 13.9. The van der Waals surface area contributed by atoms with Crippen LogP contribution < -0.4 is 5.32 Å². The first-order chi connectivity index (χ1) is 9.75. The number of carbonyl (C=O) groups excluding carboxylic acids is 1. The molecule has 1 aromatic rings. The largest absolute Gasteiger partial charge is 0.326 e. The molecule has 0 spiro atoms. The maximum absolute atomic E-state index is 12.6. The minimum Gasteiger partial charge on any atom is -0.326 e. The van der Waals surface area contributed by atoms with Gasteiger partial charge in [-0.05, 0) is 24.8 Å². The predicted octanol–water partition coefficient (Wildman–Crippen LogP) is 3.09. The summed E-state index contributed by atoms with van der Waals surface area (Å²) in [7, 11) is 0. The molecule has 1 aromatic carbocycles. The van der Waals surface area contributed by atoms with E-state index in [1.165, 1.54) is 32.1 Å². The van der Waals surface area contributed by atoms with Crippen molar-refractivity contribution in [1.29, 1.82) is 0 Å². The lowest BCUT2D eigenvalue weighted by Gasteiger charge is -2.22. The van der Waals surface area contributed by atoms with Gasteiger partial charge in [0.1, 0.15) is 6.04 Å². The number of amides is 1. The van der Waals surface area contributed by atoms with E-state index < -0.39 is 0 Å². The number of rotatable bonds is 4. The first kappa shape index (κ1) is 13.6. The monoisotopic (exact) mass is 272 g/mol. The Bertz CT molecular complexity index is 453. The van der Waals surface area contributed by atoms with Gasteiger partial charge in [0.15, 0.2) is 0 Å². The maximum atomic E-state index is 12.6. The molecule has 2 aliphatic rings. The molecule has 1 saturated heterocycles. The van der Waals surface area contributed by atoms with Crippen LogP contribution in [0.15, 0.2) is 30.3 Å². The molecular formula is C17H24N2O. The Labute approximate surface area is 121 Å². The molecule has 3 nitrogen and oxygen atoms in total. The van der Waals surface area contributed by atoms with E-state index in [1.807, 2.05) is 35.2 Å². The number of carbonyl (C=O) groups is 1.